The van der Waals surface area contributed by atoms with Crippen LogP contribution in [0.1, 0.15) is 22.8 Å². The second kappa shape index (κ2) is 7.56. The highest BCUT2D eigenvalue weighted by Crippen LogP contribution is 2.16. The molecule has 0 bridgehead atoms. The molecule has 2 aromatic rings. The number of nitrogens with one attached hydrogen (secondary N) is 2. The van der Waals surface area contributed by atoms with Crippen LogP contribution in [0, 0.1) is 0 Å². The average Bonchev–Trinajstić information content (AvgIpc) is 2.55. The van der Waals surface area contributed by atoms with Crippen molar-refractivity contribution >= 4 is 34.7 Å². The quantitative estimate of drug-likeness (QED) is 0.663. The second-order valence-corrected chi connectivity index (χ2v) is 5.07. The van der Waals surface area contributed by atoms with Crippen molar-refractivity contribution in [2.75, 3.05) is 17.7 Å². The van der Waals surface area contributed by atoms with Gasteiger partial charge in [-0.25, -0.2) is 4.79 Å². The van der Waals surface area contributed by atoms with Crippen LogP contribution in [-0.4, -0.2) is 18.2 Å². The minimum Gasteiger partial charge on any atom is -0.465 e. The monoisotopic (exact) mass is 314 g/mol. The van der Waals surface area contributed by atoms with Crippen molar-refractivity contribution in [3.05, 3.63) is 59.7 Å². The molecule has 0 spiro atoms. The van der Waals surface area contributed by atoms with Gasteiger partial charge in [0.2, 0.25) is 0 Å². The number of esters is 1. The molecule has 2 aromatic carbocycles. The molecule has 114 valence electrons. The van der Waals surface area contributed by atoms with Gasteiger partial charge >= 0.3 is 5.97 Å². The average molecular weight is 314 g/mol. The van der Waals surface area contributed by atoms with E-state index in [1.807, 2.05) is 18.2 Å². The molecule has 5 heteroatoms. The van der Waals surface area contributed by atoms with Gasteiger partial charge in [-0.1, -0.05) is 25.1 Å². The summed E-state index contributed by atoms with van der Waals surface area (Å²) in [7, 11) is 1.36. The van der Waals surface area contributed by atoms with E-state index in [9.17, 15) is 4.79 Å². The lowest BCUT2D eigenvalue weighted by atomic mass is 10.1. The summed E-state index contributed by atoms with van der Waals surface area (Å²) in [5.41, 5.74) is 3.50. The van der Waals surface area contributed by atoms with Gasteiger partial charge in [0, 0.05) is 11.4 Å². The van der Waals surface area contributed by atoms with Crippen LogP contribution in [0.25, 0.3) is 0 Å². The lowest BCUT2D eigenvalue weighted by Gasteiger charge is -2.13. The van der Waals surface area contributed by atoms with Gasteiger partial charge in [-0.05, 0) is 54.5 Å². The fraction of sp³-hybridized carbons (Fsp3) is 0.176. The zero-order valence-electron chi connectivity index (χ0n) is 12.6. The van der Waals surface area contributed by atoms with E-state index < -0.39 is 0 Å². The maximum Gasteiger partial charge on any atom is 0.337 e. The first-order valence-electron chi connectivity index (χ1n) is 6.98. The standard InChI is InChI=1S/C17H18N2O2S/c1-3-12-6-4-5-7-15(12)19-17(22)18-14-10-8-13(9-11-14)16(20)21-2/h4-11H,3H2,1-2H3,(H2,18,19,22). The van der Waals surface area contributed by atoms with E-state index >= 15 is 0 Å². The molecular formula is C17H18N2O2S. The molecule has 0 aliphatic carbocycles. The van der Waals surface area contributed by atoms with Crippen molar-refractivity contribution in [3.63, 3.8) is 0 Å². The number of hydrogen-bond donors (Lipinski definition) is 2. The first-order chi connectivity index (χ1) is 10.6. The molecule has 0 radical (unpaired) electrons. The summed E-state index contributed by atoms with van der Waals surface area (Å²) in [6.45, 7) is 2.10. The summed E-state index contributed by atoms with van der Waals surface area (Å²) in [5, 5.41) is 6.79. The van der Waals surface area contributed by atoms with Crippen molar-refractivity contribution in [3.8, 4) is 0 Å². The van der Waals surface area contributed by atoms with E-state index in [4.69, 9.17) is 12.2 Å². The Hall–Kier alpha value is -2.40. The molecule has 0 amide bonds. The van der Waals surface area contributed by atoms with Crippen LogP contribution in [0.4, 0.5) is 11.4 Å². The van der Waals surface area contributed by atoms with Crippen molar-refractivity contribution in [1.29, 1.82) is 0 Å². The summed E-state index contributed by atoms with van der Waals surface area (Å²) < 4.78 is 4.66. The Labute approximate surface area is 135 Å². The number of para-hydroxylation sites is 1. The molecular weight excluding hydrogens is 296 g/mol. The van der Waals surface area contributed by atoms with Crippen LogP contribution in [0.5, 0.6) is 0 Å². The molecule has 0 saturated carbocycles. The van der Waals surface area contributed by atoms with E-state index in [0.717, 1.165) is 17.8 Å². The van der Waals surface area contributed by atoms with Crippen molar-refractivity contribution < 1.29 is 9.53 Å². The zero-order valence-corrected chi connectivity index (χ0v) is 13.4. The van der Waals surface area contributed by atoms with Crippen molar-refractivity contribution in [1.82, 2.24) is 0 Å². The number of carbonyl (C=O) groups is 1. The molecule has 0 unspecified atom stereocenters. The Balaban J connectivity index is 2.01. The molecule has 0 saturated heterocycles. The van der Waals surface area contributed by atoms with Gasteiger partial charge in [0.1, 0.15) is 0 Å². The highest BCUT2D eigenvalue weighted by Gasteiger charge is 2.06. The van der Waals surface area contributed by atoms with Crippen LogP contribution in [-0.2, 0) is 11.2 Å². The molecule has 0 aromatic heterocycles. The summed E-state index contributed by atoms with van der Waals surface area (Å²) in [6.07, 6.45) is 0.930. The minimum absolute atomic E-state index is 0.357. The predicted octanol–water partition coefficient (Wildman–Crippen LogP) is 3.84. The molecule has 0 atom stereocenters. The van der Waals surface area contributed by atoms with Gasteiger partial charge in [-0.2, -0.15) is 0 Å². The third-order valence-electron chi connectivity index (χ3n) is 3.21. The summed E-state index contributed by atoms with van der Waals surface area (Å²) in [5.74, 6) is -0.357. The lowest BCUT2D eigenvalue weighted by Crippen LogP contribution is -2.19. The Morgan fingerprint density at radius 2 is 1.77 bits per heavy atom. The molecule has 0 fully saturated rings. The molecule has 22 heavy (non-hydrogen) atoms. The molecule has 0 aliphatic heterocycles. The van der Waals surface area contributed by atoms with E-state index in [-0.39, 0.29) is 5.97 Å². The largest absolute Gasteiger partial charge is 0.465 e. The number of aryl methyl sites for hydroxylation is 1. The third kappa shape index (κ3) is 4.05. The number of anilines is 2. The van der Waals surface area contributed by atoms with Crippen LogP contribution < -0.4 is 10.6 Å². The first-order valence-corrected chi connectivity index (χ1v) is 7.39. The highest BCUT2D eigenvalue weighted by atomic mass is 32.1. The lowest BCUT2D eigenvalue weighted by molar-refractivity contribution is 0.0601. The normalized spacial score (nSPS) is 9.91. The van der Waals surface area contributed by atoms with Gasteiger partial charge in [-0.3, -0.25) is 0 Å². The summed E-state index contributed by atoms with van der Waals surface area (Å²) in [6, 6.07) is 15.0. The van der Waals surface area contributed by atoms with E-state index in [1.165, 1.54) is 12.7 Å². The van der Waals surface area contributed by atoms with E-state index in [2.05, 4.69) is 28.4 Å². The zero-order chi connectivity index (χ0) is 15.9. The van der Waals surface area contributed by atoms with Crippen LogP contribution in [0.15, 0.2) is 48.5 Å². The maximum absolute atomic E-state index is 11.4. The van der Waals surface area contributed by atoms with Crippen LogP contribution in [0.2, 0.25) is 0 Å². The first kappa shape index (κ1) is 16.0. The fourth-order valence-electron chi connectivity index (χ4n) is 2.04. The number of thiocarbonyl (C=S) groups is 1. The summed E-state index contributed by atoms with van der Waals surface area (Å²) in [4.78, 5) is 11.4. The fourth-order valence-corrected chi connectivity index (χ4v) is 2.27. The molecule has 2 rings (SSSR count). The predicted molar refractivity (Wildman–Crippen MR) is 93.4 cm³/mol. The van der Waals surface area contributed by atoms with E-state index in [0.29, 0.717) is 10.7 Å². The van der Waals surface area contributed by atoms with Crippen LogP contribution >= 0.6 is 12.2 Å². The van der Waals surface area contributed by atoms with Gasteiger partial charge in [-0.15, -0.1) is 0 Å². The number of ether oxygens (including phenoxy) is 1. The van der Waals surface area contributed by atoms with Gasteiger partial charge in [0.05, 0.1) is 12.7 Å². The number of carbonyl (C=O) groups excluding carboxylic acids is 1. The Bertz CT molecular complexity index is 669. The summed E-state index contributed by atoms with van der Waals surface area (Å²) >= 11 is 5.32. The number of rotatable bonds is 4. The van der Waals surface area contributed by atoms with Gasteiger partial charge in [0.15, 0.2) is 5.11 Å². The highest BCUT2D eigenvalue weighted by molar-refractivity contribution is 7.80. The Morgan fingerprint density at radius 1 is 1.09 bits per heavy atom. The Morgan fingerprint density at radius 3 is 2.41 bits per heavy atom. The van der Waals surface area contributed by atoms with Gasteiger partial charge < -0.3 is 15.4 Å². The van der Waals surface area contributed by atoms with Gasteiger partial charge in [0.25, 0.3) is 0 Å². The smallest absolute Gasteiger partial charge is 0.337 e. The van der Waals surface area contributed by atoms with E-state index in [1.54, 1.807) is 24.3 Å². The molecule has 2 N–H and O–H groups in total. The maximum atomic E-state index is 11.4. The topological polar surface area (TPSA) is 50.4 Å². The SMILES string of the molecule is CCc1ccccc1NC(=S)Nc1ccc(C(=O)OC)cc1. The third-order valence-corrected chi connectivity index (χ3v) is 3.41. The number of benzene rings is 2. The molecule has 4 nitrogen and oxygen atoms in total. The van der Waals surface area contributed by atoms with Crippen LogP contribution in [0.3, 0.4) is 0 Å². The van der Waals surface area contributed by atoms with Crippen molar-refractivity contribution in [2.45, 2.75) is 13.3 Å². The second-order valence-electron chi connectivity index (χ2n) is 4.66. The molecule has 0 aliphatic rings. The number of hydrogen-bond acceptors (Lipinski definition) is 3. The van der Waals surface area contributed by atoms with Crippen molar-refractivity contribution in [2.24, 2.45) is 0 Å². The Kier molecular flexibility index (Phi) is 5.49. The minimum atomic E-state index is -0.357. The number of methoxy groups -OCH3 is 1. The molecule has 0 heterocycles.